The number of aromatic nitrogens is 2. The van der Waals surface area contributed by atoms with Gasteiger partial charge in [0.2, 0.25) is 0 Å². The molecule has 3 heteroatoms. The molecule has 0 atom stereocenters. The zero-order valence-electron chi connectivity index (χ0n) is 12.4. The monoisotopic (exact) mass is 267 g/mol. The molecule has 0 fully saturated rings. The number of imidazole rings is 1. The second-order valence-corrected chi connectivity index (χ2v) is 4.05. The molecule has 0 N–H and O–H groups in total. The van der Waals surface area contributed by atoms with E-state index in [2.05, 4.69) is 23.1 Å². The molecule has 0 unspecified atom stereocenters. The van der Waals surface area contributed by atoms with Crippen molar-refractivity contribution in [3.05, 3.63) is 67.0 Å². The molecule has 0 aliphatic heterocycles. The minimum atomic E-state index is 0.872. The van der Waals surface area contributed by atoms with Crippen LogP contribution in [0, 0.1) is 6.92 Å². The lowest BCUT2D eigenvalue weighted by Crippen LogP contribution is -1.97. The summed E-state index contributed by atoms with van der Waals surface area (Å²) in [6, 6.07) is 0. The van der Waals surface area contributed by atoms with Gasteiger partial charge in [0, 0.05) is 18.0 Å². The second-order valence-electron chi connectivity index (χ2n) is 4.05. The number of hydrogen-bond acceptors (Lipinski definition) is 2. The van der Waals surface area contributed by atoms with Crippen molar-refractivity contribution >= 4 is 18.0 Å². The molecule has 1 aromatic rings. The number of aryl methyl sites for hydroxylation is 1. The van der Waals surface area contributed by atoms with Gasteiger partial charge in [-0.15, -0.1) is 0 Å². The molecule has 20 heavy (non-hydrogen) atoms. The molecule has 0 spiro atoms. The van der Waals surface area contributed by atoms with Crippen LogP contribution in [-0.2, 0) is 0 Å². The Labute approximate surface area is 121 Å². The first-order valence-corrected chi connectivity index (χ1v) is 6.51. The van der Waals surface area contributed by atoms with E-state index < -0.39 is 0 Å². The molecule has 0 saturated heterocycles. The van der Waals surface area contributed by atoms with Gasteiger partial charge in [-0.05, 0) is 20.8 Å². The highest BCUT2D eigenvalue weighted by atomic mass is 15.1. The highest BCUT2D eigenvalue weighted by molar-refractivity contribution is 5.89. The van der Waals surface area contributed by atoms with Crippen molar-refractivity contribution in [2.24, 2.45) is 4.99 Å². The highest BCUT2D eigenvalue weighted by Crippen LogP contribution is 2.21. The fourth-order valence-corrected chi connectivity index (χ4v) is 1.84. The lowest BCUT2D eigenvalue weighted by Gasteiger charge is -2.02. The van der Waals surface area contributed by atoms with Crippen LogP contribution in [0.2, 0.25) is 0 Å². The van der Waals surface area contributed by atoms with Crippen molar-refractivity contribution in [3.8, 4) is 0 Å². The smallest absolute Gasteiger partial charge is 0.110 e. The summed E-state index contributed by atoms with van der Waals surface area (Å²) in [5.74, 6) is 0.872. The molecule has 0 aliphatic rings. The Hall–Kier alpha value is -2.42. The molecule has 1 rings (SSSR count). The van der Waals surface area contributed by atoms with Crippen LogP contribution in [0.25, 0.3) is 11.8 Å². The van der Waals surface area contributed by atoms with Crippen molar-refractivity contribution in [1.29, 1.82) is 0 Å². The average Bonchev–Trinajstić information content (AvgIpc) is 2.76. The maximum absolute atomic E-state index is 4.62. The Bertz CT molecular complexity index is 596. The Morgan fingerprint density at radius 2 is 2.00 bits per heavy atom. The average molecular weight is 267 g/mol. The molecule has 1 heterocycles. The molecule has 0 radical (unpaired) electrons. The maximum atomic E-state index is 4.62. The first-order chi connectivity index (χ1) is 9.69. The van der Waals surface area contributed by atoms with Crippen LogP contribution in [0.5, 0.6) is 0 Å². The highest BCUT2D eigenvalue weighted by Gasteiger charge is 2.13. The van der Waals surface area contributed by atoms with E-state index in [4.69, 9.17) is 0 Å². The summed E-state index contributed by atoms with van der Waals surface area (Å²) < 4.78 is 1.91. The normalized spacial score (nSPS) is 12.8. The molecule has 104 valence electrons. The first kappa shape index (κ1) is 15.6. The summed E-state index contributed by atoms with van der Waals surface area (Å²) in [5, 5.41) is 0. The van der Waals surface area contributed by atoms with Crippen molar-refractivity contribution in [3.63, 3.8) is 0 Å². The van der Waals surface area contributed by atoms with Gasteiger partial charge < -0.3 is 4.57 Å². The number of hydrogen-bond donors (Lipinski definition) is 0. The van der Waals surface area contributed by atoms with Gasteiger partial charge in [-0.1, -0.05) is 43.5 Å². The van der Waals surface area contributed by atoms with E-state index in [-0.39, 0.29) is 0 Å². The van der Waals surface area contributed by atoms with Gasteiger partial charge in [-0.25, -0.2) is 4.98 Å². The zero-order valence-corrected chi connectivity index (χ0v) is 12.4. The summed E-state index contributed by atoms with van der Waals surface area (Å²) in [4.78, 5) is 8.73. The summed E-state index contributed by atoms with van der Waals surface area (Å²) in [5.41, 5.74) is 2.80. The summed E-state index contributed by atoms with van der Waals surface area (Å²) in [7, 11) is 0. The van der Waals surface area contributed by atoms with Crippen molar-refractivity contribution < 1.29 is 0 Å². The summed E-state index contributed by atoms with van der Waals surface area (Å²) in [6.07, 6.45) is 15.0. The fourth-order valence-electron chi connectivity index (χ4n) is 1.84. The summed E-state index contributed by atoms with van der Waals surface area (Å²) in [6.45, 7) is 13.3. The van der Waals surface area contributed by atoms with Gasteiger partial charge in [0.25, 0.3) is 0 Å². The van der Waals surface area contributed by atoms with Crippen LogP contribution < -0.4 is 0 Å². The predicted octanol–water partition coefficient (Wildman–Crippen LogP) is 4.39. The Morgan fingerprint density at radius 1 is 1.25 bits per heavy atom. The molecule has 1 aromatic heterocycles. The van der Waals surface area contributed by atoms with Gasteiger partial charge >= 0.3 is 0 Å². The topological polar surface area (TPSA) is 30.2 Å². The number of aliphatic imine (C=N–C) groups is 1. The molecule has 3 nitrogen and oxygen atoms in total. The molecule has 0 saturated carbocycles. The molecule has 0 amide bonds. The second kappa shape index (κ2) is 7.89. The zero-order chi connectivity index (χ0) is 15.0. The first-order valence-electron chi connectivity index (χ1n) is 6.51. The van der Waals surface area contributed by atoms with Crippen molar-refractivity contribution in [2.75, 3.05) is 0 Å². The van der Waals surface area contributed by atoms with Gasteiger partial charge in [-0.2, -0.15) is 0 Å². The lowest BCUT2D eigenvalue weighted by atomic mass is 10.1. The van der Waals surface area contributed by atoms with E-state index in [0.29, 0.717) is 0 Å². The van der Waals surface area contributed by atoms with E-state index in [9.17, 15) is 0 Å². The number of allylic oxidation sites excluding steroid dienone is 6. The van der Waals surface area contributed by atoms with E-state index in [1.54, 1.807) is 12.4 Å². The third kappa shape index (κ3) is 3.54. The fraction of sp³-hybridized carbons (Fsp3) is 0.176. The van der Waals surface area contributed by atoms with Crippen LogP contribution in [0.15, 0.2) is 54.7 Å². The van der Waals surface area contributed by atoms with E-state index in [1.165, 1.54) is 6.20 Å². The van der Waals surface area contributed by atoms with Gasteiger partial charge in [0.1, 0.15) is 5.82 Å². The summed E-state index contributed by atoms with van der Waals surface area (Å²) >= 11 is 0. The molecule has 0 bridgehead atoms. The van der Waals surface area contributed by atoms with Gasteiger partial charge in [0.15, 0.2) is 0 Å². The van der Waals surface area contributed by atoms with Crippen LogP contribution in [0.3, 0.4) is 0 Å². The molecular weight excluding hydrogens is 246 g/mol. The van der Waals surface area contributed by atoms with Crippen molar-refractivity contribution in [1.82, 2.24) is 9.55 Å². The Kier molecular flexibility index (Phi) is 6.17. The predicted molar refractivity (Wildman–Crippen MR) is 88.7 cm³/mol. The van der Waals surface area contributed by atoms with E-state index in [1.807, 2.05) is 55.7 Å². The molecule has 0 aromatic carbocycles. The Balaban J connectivity index is 3.52. The SMILES string of the molecule is C=C/N=C\c1c(C(/C=C\C)=C/C=C\C)nc(C)n1C=C. The third-order valence-electron chi connectivity index (χ3n) is 2.70. The van der Waals surface area contributed by atoms with Crippen LogP contribution in [0.1, 0.15) is 31.1 Å². The van der Waals surface area contributed by atoms with Crippen LogP contribution in [0.4, 0.5) is 0 Å². The number of nitrogens with zero attached hydrogens (tertiary/aromatic N) is 3. The van der Waals surface area contributed by atoms with Crippen LogP contribution >= 0.6 is 0 Å². The number of rotatable bonds is 6. The minimum Gasteiger partial charge on any atom is -0.303 e. The van der Waals surface area contributed by atoms with Crippen molar-refractivity contribution in [2.45, 2.75) is 20.8 Å². The minimum absolute atomic E-state index is 0.872. The largest absolute Gasteiger partial charge is 0.303 e. The third-order valence-corrected chi connectivity index (χ3v) is 2.70. The van der Waals surface area contributed by atoms with E-state index in [0.717, 1.165) is 22.8 Å². The standard InChI is InChI=1S/C17H21N3/c1-6-10-12-15(11-7-2)17-16(13-18-8-3)20(9-4)14(5)19-17/h6-13H,3-4H2,1-2,5H3/b10-6-,11-7-,15-12+,18-13-. The lowest BCUT2D eigenvalue weighted by molar-refractivity contribution is 1.03. The maximum Gasteiger partial charge on any atom is 0.110 e. The van der Waals surface area contributed by atoms with E-state index >= 15 is 0 Å². The van der Waals surface area contributed by atoms with Gasteiger partial charge in [-0.3, -0.25) is 4.99 Å². The van der Waals surface area contributed by atoms with Gasteiger partial charge in [0.05, 0.1) is 17.6 Å². The Morgan fingerprint density at radius 3 is 2.55 bits per heavy atom. The molecule has 0 aliphatic carbocycles. The van der Waals surface area contributed by atoms with Crippen LogP contribution in [-0.4, -0.2) is 15.8 Å². The quantitative estimate of drug-likeness (QED) is 0.555. The molecular formula is C17H21N3.